The highest BCUT2D eigenvalue weighted by Crippen LogP contribution is 2.11. The van der Waals surface area contributed by atoms with Gasteiger partial charge in [-0.2, -0.15) is 0 Å². The maximum Gasteiger partial charge on any atom is 0.123 e. The van der Waals surface area contributed by atoms with Crippen LogP contribution in [0.15, 0.2) is 18.2 Å². The van der Waals surface area contributed by atoms with Crippen LogP contribution in [-0.4, -0.2) is 6.54 Å². The lowest BCUT2D eigenvalue weighted by Crippen LogP contribution is -2.01. The van der Waals surface area contributed by atoms with Gasteiger partial charge in [0.2, 0.25) is 0 Å². The molecule has 0 saturated heterocycles. The van der Waals surface area contributed by atoms with Crippen molar-refractivity contribution in [3.63, 3.8) is 0 Å². The molecule has 0 aromatic heterocycles. The topological polar surface area (TPSA) is 26.0 Å². The summed E-state index contributed by atoms with van der Waals surface area (Å²) < 4.78 is 12.6. The minimum Gasteiger partial charge on any atom is -0.330 e. The first kappa shape index (κ1) is 9.20. The monoisotopic (exact) mass is 167 g/mol. The van der Waals surface area contributed by atoms with Crippen molar-refractivity contribution in [1.82, 2.24) is 0 Å². The van der Waals surface area contributed by atoms with E-state index in [4.69, 9.17) is 5.73 Å². The molecule has 0 unspecified atom stereocenters. The summed E-state index contributed by atoms with van der Waals surface area (Å²) in [5, 5.41) is 0. The molecule has 0 atom stereocenters. The summed E-state index contributed by atoms with van der Waals surface area (Å²) in [5.41, 5.74) is 7.60. The summed E-state index contributed by atoms with van der Waals surface area (Å²) in [6, 6.07) is 4.89. The molecule has 0 amide bonds. The minimum absolute atomic E-state index is 0.163. The van der Waals surface area contributed by atoms with Gasteiger partial charge in [-0.15, -0.1) is 0 Å². The molecule has 0 spiro atoms. The average Bonchev–Trinajstić information content (AvgIpc) is 2.03. The molecule has 1 aromatic carbocycles. The maximum atomic E-state index is 12.6. The standard InChI is InChI=1S/C10H14FN/c1-8-7-10(11)5-4-9(8)3-2-6-12/h4-5,7H,2-3,6,12H2,1H3. The number of hydrogen-bond donors (Lipinski definition) is 1. The molecule has 0 heterocycles. The Bertz CT molecular complexity index is 258. The average molecular weight is 167 g/mol. The van der Waals surface area contributed by atoms with E-state index in [1.807, 2.05) is 13.0 Å². The maximum absolute atomic E-state index is 12.6. The SMILES string of the molecule is Cc1cc(F)ccc1CCCN. The second-order valence-corrected chi connectivity index (χ2v) is 2.96. The van der Waals surface area contributed by atoms with Crippen LogP contribution in [0.4, 0.5) is 4.39 Å². The Morgan fingerprint density at radius 1 is 1.42 bits per heavy atom. The van der Waals surface area contributed by atoms with Crippen LogP contribution in [0.5, 0.6) is 0 Å². The largest absolute Gasteiger partial charge is 0.330 e. The van der Waals surface area contributed by atoms with E-state index >= 15 is 0 Å². The summed E-state index contributed by atoms with van der Waals surface area (Å²) in [6.07, 6.45) is 1.91. The predicted octanol–water partition coefficient (Wildman–Crippen LogP) is 2.03. The van der Waals surface area contributed by atoms with Crippen LogP contribution in [0.2, 0.25) is 0 Å². The zero-order valence-electron chi connectivity index (χ0n) is 7.31. The molecule has 0 fully saturated rings. The van der Waals surface area contributed by atoms with Gasteiger partial charge >= 0.3 is 0 Å². The molecule has 66 valence electrons. The zero-order valence-corrected chi connectivity index (χ0v) is 7.31. The van der Waals surface area contributed by atoms with Crippen LogP contribution in [0.3, 0.4) is 0 Å². The number of nitrogens with two attached hydrogens (primary N) is 1. The van der Waals surface area contributed by atoms with E-state index in [0.29, 0.717) is 6.54 Å². The molecule has 0 aliphatic rings. The van der Waals surface area contributed by atoms with Crippen molar-refractivity contribution in [2.45, 2.75) is 19.8 Å². The lowest BCUT2D eigenvalue weighted by atomic mass is 10.0. The number of benzene rings is 1. The lowest BCUT2D eigenvalue weighted by molar-refractivity contribution is 0.625. The molecule has 12 heavy (non-hydrogen) atoms. The Kier molecular flexibility index (Phi) is 3.23. The van der Waals surface area contributed by atoms with E-state index in [9.17, 15) is 4.39 Å². The second kappa shape index (κ2) is 4.21. The van der Waals surface area contributed by atoms with Crippen LogP contribution in [0.25, 0.3) is 0 Å². The van der Waals surface area contributed by atoms with Gasteiger partial charge in [-0.05, 0) is 49.6 Å². The van der Waals surface area contributed by atoms with Gasteiger partial charge in [0.25, 0.3) is 0 Å². The number of halogens is 1. The van der Waals surface area contributed by atoms with Crippen LogP contribution in [0.1, 0.15) is 17.5 Å². The van der Waals surface area contributed by atoms with E-state index in [-0.39, 0.29) is 5.82 Å². The normalized spacial score (nSPS) is 10.2. The highest BCUT2D eigenvalue weighted by Gasteiger charge is 1.98. The van der Waals surface area contributed by atoms with Gasteiger partial charge in [-0.25, -0.2) is 4.39 Å². The van der Waals surface area contributed by atoms with Crippen LogP contribution >= 0.6 is 0 Å². The summed E-state index contributed by atoms with van der Waals surface area (Å²) in [4.78, 5) is 0. The molecule has 2 N–H and O–H groups in total. The van der Waals surface area contributed by atoms with E-state index in [0.717, 1.165) is 18.4 Å². The van der Waals surface area contributed by atoms with Crippen molar-refractivity contribution in [3.05, 3.63) is 35.1 Å². The fraction of sp³-hybridized carbons (Fsp3) is 0.400. The van der Waals surface area contributed by atoms with E-state index in [2.05, 4.69) is 0 Å². The second-order valence-electron chi connectivity index (χ2n) is 2.96. The van der Waals surface area contributed by atoms with E-state index < -0.39 is 0 Å². The van der Waals surface area contributed by atoms with Gasteiger partial charge in [-0.1, -0.05) is 6.07 Å². The van der Waals surface area contributed by atoms with Gasteiger partial charge in [0, 0.05) is 0 Å². The molecule has 0 bridgehead atoms. The zero-order chi connectivity index (χ0) is 8.97. The first-order valence-corrected chi connectivity index (χ1v) is 4.19. The van der Waals surface area contributed by atoms with Gasteiger partial charge in [-0.3, -0.25) is 0 Å². The van der Waals surface area contributed by atoms with E-state index in [1.54, 1.807) is 6.07 Å². The molecular weight excluding hydrogens is 153 g/mol. The molecule has 0 saturated carbocycles. The van der Waals surface area contributed by atoms with Crippen LogP contribution < -0.4 is 5.73 Å². The quantitative estimate of drug-likeness (QED) is 0.732. The number of rotatable bonds is 3. The lowest BCUT2D eigenvalue weighted by Gasteiger charge is -2.03. The smallest absolute Gasteiger partial charge is 0.123 e. The molecule has 1 nitrogen and oxygen atoms in total. The number of aryl methyl sites for hydroxylation is 2. The highest BCUT2D eigenvalue weighted by atomic mass is 19.1. The highest BCUT2D eigenvalue weighted by molar-refractivity contribution is 5.26. The van der Waals surface area contributed by atoms with E-state index in [1.165, 1.54) is 11.6 Å². The summed E-state index contributed by atoms with van der Waals surface area (Å²) in [6.45, 7) is 2.62. The van der Waals surface area contributed by atoms with Crippen molar-refractivity contribution in [1.29, 1.82) is 0 Å². The van der Waals surface area contributed by atoms with Gasteiger partial charge in [0.05, 0.1) is 0 Å². The molecular formula is C10H14FN. The predicted molar refractivity (Wildman–Crippen MR) is 48.5 cm³/mol. The van der Waals surface area contributed by atoms with Crippen molar-refractivity contribution < 1.29 is 4.39 Å². The molecule has 1 rings (SSSR count). The molecule has 2 heteroatoms. The molecule has 0 aliphatic heterocycles. The summed E-state index contributed by atoms with van der Waals surface area (Å²) >= 11 is 0. The van der Waals surface area contributed by atoms with Crippen molar-refractivity contribution >= 4 is 0 Å². The Morgan fingerprint density at radius 2 is 2.17 bits per heavy atom. The summed E-state index contributed by atoms with van der Waals surface area (Å²) in [5.74, 6) is -0.163. The first-order valence-electron chi connectivity index (χ1n) is 4.19. The third-order valence-electron chi connectivity index (χ3n) is 1.95. The Balaban J connectivity index is 2.72. The molecule has 0 aliphatic carbocycles. The van der Waals surface area contributed by atoms with Crippen molar-refractivity contribution in [3.8, 4) is 0 Å². The third-order valence-corrected chi connectivity index (χ3v) is 1.95. The fourth-order valence-corrected chi connectivity index (χ4v) is 1.23. The Labute approximate surface area is 72.4 Å². The van der Waals surface area contributed by atoms with Gasteiger partial charge in [0.1, 0.15) is 5.82 Å². The number of hydrogen-bond acceptors (Lipinski definition) is 1. The van der Waals surface area contributed by atoms with Crippen molar-refractivity contribution in [2.75, 3.05) is 6.54 Å². The Hall–Kier alpha value is -0.890. The van der Waals surface area contributed by atoms with Crippen LogP contribution in [-0.2, 0) is 6.42 Å². The van der Waals surface area contributed by atoms with Crippen LogP contribution in [0, 0.1) is 12.7 Å². The molecule has 1 aromatic rings. The van der Waals surface area contributed by atoms with Crippen molar-refractivity contribution in [2.24, 2.45) is 5.73 Å². The Morgan fingerprint density at radius 3 is 2.75 bits per heavy atom. The first-order chi connectivity index (χ1) is 5.74. The fourth-order valence-electron chi connectivity index (χ4n) is 1.23. The molecule has 0 radical (unpaired) electrons. The third kappa shape index (κ3) is 2.31. The summed E-state index contributed by atoms with van der Waals surface area (Å²) in [7, 11) is 0. The van der Waals surface area contributed by atoms with Gasteiger partial charge in [0.15, 0.2) is 0 Å². The van der Waals surface area contributed by atoms with Gasteiger partial charge < -0.3 is 5.73 Å². The minimum atomic E-state index is -0.163.